The molecule has 190 valence electrons. The van der Waals surface area contributed by atoms with E-state index < -0.39 is 0 Å². The van der Waals surface area contributed by atoms with E-state index in [9.17, 15) is 0 Å². The van der Waals surface area contributed by atoms with Crippen LogP contribution in [0.4, 0.5) is 0 Å². The molecule has 0 saturated heterocycles. The molecule has 0 aromatic heterocycles. The quantitative estimate of drug-likeness (QED) is 0.148. The van der Waals surface area contributed by atoms with Gasteiger partial charge in [0.2, 0.25) is 0 Å². The summed E-state index contributed by atoms with van der Waals surface area (Å²) in [5.41, 5.74) is 8.99. The Labute approximate surface area is 236 Å². The van der Waals surface area contributed by atoms with Gasteiger partial charge in [0.1, 0.15) is 0 Å². The smallest absolute Gasteiger partial charge is 0.00923 e. The topological polar surface area (TPSA) is 0 Å². The van der Waals surface area contributed by atoms with E-state index in [1.165, 1.54) is 38.1 Å². The fraction of sp³-hybridized carbons (Fsp3) is 0. The molecule has 0 radical (unpaired) electrons. The molecule has 0 nitrogen and oxygen atoms in total. The molecule has 0 spiro atoms. The van der Waals surface area contributed by atoms with Crippen LogP contribution in [0.1, 0.15) is 16.7 Å². The largest absolute Gasteiger partial charge is 0.0990 e. The first-order chi connectivity index (χ1) is 19.7. The number of rotatable bonds is 7. The maximum absolute atomic E-state index is 4.26. The SMILES string of the molecule is C=C/C=C(\C=C)c1ccccc1-c1cc2c(C=C)c(C=C)c(-c3ccc4ccccc4c3)cc2c2ccccc12. The Hall–Kier alpha value is -5.20. The lowest BCUT2D eigenvalue weighted by atomic mass is 9.84. The van der Waals surface area contributed by atoms with E-state index in [-0.39, 0.29) is 0 Å². The summed E-state index contributed by atoms with van der Waals surface area (Å²) in [5.74, 6) is 0. The molecule has 0 aliphatic carbocycles. The predicted molar refractivity (Wildman–Crippen MR) is 178 cm³/mol. The van der Waals surface area contributed by atoms with Crippen molar-refractivity contribution in [3.05, 3.63) is 164 Å². The van der Waals surface area contributed by atoms with Crippen molar-refractivity contribution < 1.29 is 0 Å². The van der Waals surface area contributed by atoms with Gasteiger partial charge in [0.15, 0.2) is 0 Å². The monoisotopic (exact) mass is 510 g/mol. The van der Waals surface area contributed by atoms with E-state index in [1.54, 1.807) is 0 Å². The molecule has 6 rings (SSSR count). The van der Waals surface area contributed by atoms with E-state index >= 15 is 0 Å². The predicted octanol–water partition coefficient (Wildman–Crippen LogP) is 11.5. The standard InChI is InChI=1S/C40H30/c1-5-15-27(6-2)33-18-11-12-19-34(33)39-26-38-32(8-4)31(7-3)37(25-40(38)36-21-14-13-20-35(36)39)30-23-22-28-16-9-10-17-29(28)24-30/h5-26H,1-4H2/b27-15+. The van der Waals surface area contributed by atoms with Gasteiger partial charge >= 0.3 is 0 Å². The Morgan fingerprint density at radius 3 is 1.93 bits per heavy atom. The van der Waals surface area contributed by atoms with Gasteiger partial charge in [0.25, 0.3) is 0 Å². The van der Waals surface area contributed by atoms with Gasteiger partial charge in [-0.1, -0.05) is 142 Å². The molecule has 0 aliphatic heterocycles. The summed E-state index contributed by atoms with van der Waals surface area (Å²) in [6.45, 7) is 16.5. The second kappa shape index (κ2) is 10.5. The highest BCUT2D eigenvalue weighted by Gasteiger charge is 2.18. The van der Waals surface area contributed by atoms with Crippen LogP contribution in [-0.4, -0.2) is 0 Å². The summed E-state index contributed by atoms with van der Waals surface area (Å²) >= 11 is 0. The zero-order valence-electron chi connectivity index (χ0n) is 22.5. The summed E-state index contributed by atoms with van der Waals surface area (Å²) < 4.78 is 0. The van der Waals surface area contributed by atoms with Gasteiger partial charge in [0.05, 0.1) is 0 Å². The second-order valence-corrected chi connectivity index (χ2v) is 9.89. The van der Waals surface area contributed by atoms with E-state index in [1.807, 2.05) is 30.4 Å². The molecule has 0 saturated carbocycles. The third-order valence-electron chi connectivity index (χ3n) is 7.76. The van der Waals surface area contributed by atoms with E-state index in [0.29, 0.717) is 0 Å². The number of benzene rings is 6. The highest BCUT2D eigenvalue weighted by Crippen LogP contribution is 2.43. The molecule has 6 aromatic carbocycles. The Morgan fingerprint density at radius 2 is 1.18 bits per heavy atom. The average molecular weight is 511 g/mol. The van der Waals surface area contributed by atoms with E-state index in [4.69, 9.17) is 0 Å². The second-order valence-electron chi connectivity index (χ2n) is 9.89. The van der Waals surface area contributed by atoms with Crippen molar-refractivity contribution in [3.8, 4) is 22.3 Å². The van der Waals surface area contributed by atoms with Gasteiger partial charge < -0.3 is 0 Å². The van der Waals surface area contributed by atoms with Gasteiger partial charge in [-0.05, 0) is 95.0 Å². The van der Waals surface area contributed by atoms with Gasteiger partial charge in [0, 0.05) is 0 Å². The van der Waals surface area contributed by atoms with Gasteiger partial charge in [-0.3, -0.25) is 0 Å². The summed E-state index contributed by atoms with van der Waals surface area (Å²) in [4.78, 5) is 0. The molecule has 0 N–H and O–H groups in total. The van der Waals surface area contributed by atoms with Crippen molar-refractivity contribution in [2.75, 3.05) is 0 Å². The molecule has 0 atom stereocenters. The molecule has 0 aliphatic rings. The van der Waals surface area contributed by atoms with Crippen LogP contribution in [0.2, 0.25) is 0 Å². The summed E-state index contributed by atoms with van der Waals surface area (Å²) in [6.07, 6.45) is 9.65. The first-order valence-corrected chi connectivity index (χ1v) is 13.5. The van der Waals surface area contributed by atoms with Crippen LogP contribution in [-0.2, 0) is 0 Å². The lowest BCUT2D eigenvalue weighted by Crippen LogP contribution is -1.95. The first-order valence-electron chi connectivity index (χ1n) is 13.5. The maximum atomic E-state index is 4.26. The van der Waals surface area contributed by atoms with Crippen molar-refractivity contribution in [2.24, 2.45) is 0 Å². The number of hydrogen-bond acceptors (Lipinski definition) is 0. The minimum atomic E-state index is 1.04. The number of fused-ring (bicyclic) bond motifs is 4. The molecule has 40 heavy (non-hydrogen) atoms. The van der Waals surface area contributed by atoms with Crippen LogP contribution < -0.4 is 0 Å². The van der Waals surface area contributed by atoms with Crippen LogP contribution in [0, 0.1) is 0 Å². The summed E-state index contributed by atoms with van der Waals surface area (Å²) in [6, 6.07) is 37.0. The fourth-order valence-electron chi connectivity index (χ4n) is 5.91. The third kappa shape index (κ3) is 4.11. The molecular formula is C40H30. The van der Waals surface area contributed by atoms with Crippen LogP contribution in [0.25, 0.3) is 72.3 Å². The van der Waals surface area contributed by atoms with Crippen molar-refractivity contribution in [1.82, 2.24) is 0 Å². The Morgan fingerprint density at radius 1 is 0.500 bits per heavy atom. The molecule has 0 amide bonds. The maximum Gasteiger partial charge on any atom is -0.00923 e. The minimum absolute atomic E-state index is 1.04. The van der Waals surface area contributed by atoms with Crippen LogP contribution in [0.15, 0.2) is 148 Å². The van der Waals surface area contributed by atoms with Gasteiger partial charge in [-0.15, -0.1) is 0 Å². The highest BCUT2D eigenvalue weighted by atomic mass is 14.2. The minimum Gasteiger partial charge on any atom is -0.0990 e. The van der Waals surface area contributed by atoms with Crippen molar-refractivity contribution in [3.63, 3.8) is 0 Å². The molecule has 0 heteroatoms. The van der Waals surface area contributed by atoms with Crippen molar-refractivity contribution in [2.45, 2.75) is 0 Å². The lowest BCUT2D eigenvalue weighted by molar-refractivity contribution is 1.59. The average Bonchev–Trinajstić information content (AvgIpc) is 3.02. The lowest BCUT2D eigenvalue weighted by Gasteiger charge is -2.19. The summed E-state index contributed by atoms with van der Waals surface area (Å²) in [7, 11) is 0. The van der Waals surface area contributed by atoms with Gasteiger partial charge in [-0.2, -0.15) is 0 Å². The number of hydrogen-bond donors (Lipinski definition) is 0. The third-order valence-corrected chi connectivity index (χ3v) is 7.76. The Kier molecular flexibility index (Phi) is 6.60. The van der Waals surface area contributed by atoms with Crippen molar-refractivity contribution in [1.29, 1.82) is 0 Å². The number of allylic oxidation sites excluding steroid dienone is 4. The molecule has 6 aromatic rings. The molecule has 0 fully saturated rings. The zero-order chi connectivity index (χ0) is 27.6. The molecule has 0 unspecified atom stereocenters. The molecule has 0 bridgehead atoms. The van der Waals surface area contributed by atoms with Crippen LogP contribution in [0.3, 0.4) is 0 Å². The molecular weight excluding hydrogens is 480 g/mol. The zero-order valence-corrected chi connectivity index (χ0v) is 22.5. The molecule has 0 heterocycles. The van der Waals surface area contributed by atoms with Crippen molar-refractivity contribution >= 4 is 50.0 Å². The Bertz CT molecular complexity index is 2010. The van der Waals surface area contributed by atoms with E-state index in [0.717, 1.165) is 38.8 Å². The Balaban J connectivity index is 1.72. The van der Waals surface area contributed by atoms with Gasteiger partial charge in [-0.25, -0.2) is 0 Å². The normalized spacial score (nSPS) is 11.6. The van der Waals surface area contributed by atoms with E-state index in [2.05, 4.69) is 129 Å². The van der Waals surface area contributed by atoms with Crippen LogP contribution >= 0.6 is 0 Å². The first kappa shape index (κ1) is 25.1. The summed E-state index contributed by atoms with van der Waals surface area (Å²) in [5, 5.41) is 7.22. The fourth-order valence-corrected chi connectivity index (χ4v) is 5.91. The van der Waals surface area contributed by atoms with Crippen LogP contribution in [0.5, 0.6) is 0 Å². The highest BCUT2D eigenvalue weighted by molar-refractivity contribution is 6.18.